The largest absolute Gasteiger partial charge is 0.462 e. The maximum atomic E-state index is 13.9. The molecule has 0 spiro atoms. The Morgan fingerprint density at radius 3 is 2.71 bits per heavy atom. The fraction of sp³-hybridized carbons (Fsp3) is 0.406. The first-order valence-electron chi connectivity index (χ1n) is 14.5. The van der Waals surface area contributed by atoms with Crippen LogP contribution >= 0.6 is 0 Å². The van der Waals surface area contributed by atoms with E-state index in [1.165, 1.54) is 6.08 Å². The standard InChI is InChI=1S/C32H35N7O3/c1-3-29(40)39-17-16-37(18-23(39)13-14-33)30-27-19-38(31(41)26-12-6-9-22-8-4-5-11-25(22)26)20-28(27)34-32(35-30)42-21-24-10-7-15-36(24)2/h3-6,8-9,11-12,23-24H,1,7,10,13,15-21H2,2H3/t23-,24-/m0/s1. The molecule has 4 heterocycles. The van der Waals surface area contributed by atoms with Gasteiger partial charge in [0.25, 0.3) is 5.91 Å². The van der Waals surface area contributed by atoms with E-state index in [-0.39, 0.29) is 24.3 Å². The van der Waals surface area contributed by atoms with Gasteiger partial charge >= 0.3 is 6.01 Å². The molecule has 0 saturated carbocycles. The Bertz CT molecular complexity index is 1560. The number of hydrogen-bond acceptors (Lipinski definition) is 8. The number of anilines is 1. The Labute approximate surface area is 245 Å². The molecule has 2 saturated heterocycles. The third kappa shape index (κ3) is 5.28. The number of piperazine rings is 1. The monoisotopic (exact) mass is 565 g/mol. The number of carbonyl (C=O) groups is 2. The molecule has 42 heavy (non-hydrogen) atoms. The number of rotatable bonds is 7. The SMILES string of the molecule is C=CC(=O)N1CCN(c2nc(OC[C@@H]3CCCN3C)nc3c2CN(C(=O)c2cccc4ccccc24)C3)C[C@@H]1CC#N. The molecule has 0 bridgehead atoms. The van der Waals surface area contributed by atoms with E-state index in [0.717, 1.165) is 41.4 Å². The molecular formula is C32H35N7O3. The Hall–Kier alpha value is -4.49. The highest BCUT2D eigenvalue weighted by molar-refractivity contribution is 6.07. The highest BCUT2D eigenvalue weighted by atomic mass is 16.5. The third-order valence-corrected chi connectivity index (χ3v) is 8.69. The summed E-state index contributed by atoms with van der Waals surface area (Å²) in [6.45, 7) is 7.30. The predicted octanol–water partition coefficient (Wildman–Crippen LogP) is 3.38. The van der Waals surface area contributed by atoms with E-state index in [1.807, 2.05) is 47.4 Å². The maximum absolute atomic E-state index is 13.9. The molecule has 10 heteroatoms. The van der Waals surface area contributed by atoms with Crippen molar-refractivity contribution in [3.8, 4) is 12.1 Å². The molecule has 2 atom stereocenters. The van der Waals surface area contributed by atoms with Gasteiger partial charge in [-0.2, -0.15) is 15.2 Å². The number of nitriles is 1. The van der Waals surface area contributed by atoms with Gasteiger partial charge in [0.05, 0.1) is 37.3 Å². The fourth-order valence-electron chi connectivity index (χ4n) is 6.36. The Kier molecular flexibility index (Phi) is 7.76. The number of benzene rings is 2. The van der Waals surface area contributed by atoms with Crippen molar-refractivity contribution >= 4 is 28.4 Å². The van der Waals surface area contributed by atoms with E-state index in [9.17, 15) is 14.9 Å². The van der Waals surface area contributed by atoms with E-state index in [2.05, 4.69) is 29.5 Å². The minimum Gasteiger partial charge on any atom is -0.462 e. The van der Waals surface area contributed by atoms with Crippen LogP contribution in [0.15, 0.2) is 55.1 Å². The molecule has 3 aromatic rings. The van der Waals surface area contributed by atoms with Crippen LogP contribution in [0.5, 0.6) is 6.01 Å². The van der Waals surface area contributed by atoms with Gasteiger partial charge in [-0.1, -0.05) is 43.0 Å². The van der Waals surface area contributed by atoms with Gasteiger partial charge in [-0.3, -0.25) is 9.59 Å². The minimum absolute atomic E-state index is 0.0606. The maximum Gasteiger partial charge on any atom is 0.318 e. The van der Waals surface area contributed by atoms with Crippen LogP contribution in [0.2, 0.25) is 0 Å². The second-order valence-electron chi connectivity index (χ2n) is 11.2. The second kappa shape index (κ2) is 11.8. The Balaban J connectivity index is 1.31. The van der Waals surface area contributed by atoms with Crippen LogP contribution in [0.1, 0.15) is 40.9 Å². The molecule has 0 radical (unpaired) electrons. The van der Waals surface area contributed by atoms with E-state index in [0.29, 0.717) is 62.8 Å². The van der Waals surface area contributed by atoms with Crippen molar-refractivity contribution in [1.29, 1.82) is 5.26 Å². The van der Waals surface area contributed by atoms with Gasteiger partial charge in [-0.25, -0.2) is 0 Å². The summed E-state index contributed by atoms with van der Waals surface area (Å²) in [5.41, 5.74) is 2.31. The smallest absolute Gasteiger partial charge is 0.318 e. The van der Waals surface area contributed by atoms with Crippen molar-refractivity contribution in [3.63, 3.8) is 0 Å². The molecule has 3 aliphatic rings. The van der Waals surface area contributed by atoms with Crippen molar-refractivity contribution in [1.82, 2.24) is 24.7 Å². The molecule has 1 aromatic heterocycles. The first-order chi connectivity index (χ1) is 20.5. The number of carbonyl (C=O) groups excluding carboxylic acids is 2. The van der Waals surface area contributed by atoms with Gasteiger partial charge in [0.1, 0.15) is 12.4 Å². The van der Waals surface area contributed by atoms with Crippen LogP contribution in [0.25, 0.3) is 10.8 Å². The van der Waals surface area contributed by atoms with Crippen molar-refractivity contribution in [2.24, 2.45) is 0 Å². The number of fused-ring (bicyclic) bond motifs is 2. The molecule has 2 fully saturated rings. The lowest BCUT2D eigenvalue weighted by atomic mass is 10.0. The Morgan fingerprint density at radius 2 is 1.93 bits per heavy atom. The van der Waals surface area contributed by atoms with Crippen LogP contribution in [-0.2, 0) is 17.9 Å². The summed E-state index contributed by atoms with van der Waals surface area (Å²) in [5, 5.41) is 11.4. The first kappa shape index (κ1) is 27.7. The summed E-state index contributed by atoms with van der Waals surface area (Å²) in [6, 6.07) is 16.2. The van der Waals surface area contributed by atoms with Crippen molar-refractivity contribution in [2.45, 2.75) is 44.4 Å². The highest BCUT2D eigenvalue weighted by Crippen LogP contribution is 2.34. The van der Waals surface area contributed by atoms with Gasteiger partial charge in [0.15, 0.2) is 0 Å². The average molecular weight is 566 g/mol. The molecule has 0 aliphatic carbocycles. The molecule has 10 nitrogen and oxygen atoms in total. The number of amides is 2. The lowest BCUT2D eigenvalue weighted by Gasteiger charge is -2.41. The first-order valence-corrected chi connectivity index (χ1v) is 14.5. The average Bonchev–Trinajstić information content (AvgIpc) is 3.64. The van der Waals surface area contributed by atoms with Crippen LogP contribution in [0.3, 0.4) is 0 Å². The number of aromatic nitrogens is 2. The molecule has 216 valence electrons. The lowest BCUT2D eigenvalue weighted by Crippen LogP contribution is -2.55. The van der Waals surface area contributed by atoms with E-state index in [1.54, 1.807) is 4.90 Å². The van der Waals surface area contributed by atoms with E-state index < -0.39 is 0 Å². The topological polar surface area (TPSA) is 106 Å². The predicted molar refractivity (Wildman–Crippen MR) is 159 cm³/mol. The number of likely N-dealkylation sites (tertiary alicyclic amines) is 1. The number of ether oxygens (including phenoxy) is 1. The summed E-state index contributed by atoms with van der Waals surface area (Å²) in [7, 11) is 2.10. The van der Waals surface area contributed by atoms with Crippen molar-refractivity contribution in [3.05, 3.63) is 71.9 Å². The number of likely N-dealkylation sites (N-methyl/N-ethyl adjacent to an activating group) is 1. The minimum atomic E-state index is -0.300. The highest BCUT2D eigenvalue weighted by Gasteiger charge is 2.36. The molecule has 0 N–H and O–H groups in total. The van der Waals surface area contributed by atoms with Gasteiger partial charge in [-0.05, 0) is 49.3 Å². The quantitative estimate of drug-likeness (QED) is 0.402. The molecule has 2 aromatic carbocycles. The zero-order valence-electron chi connectivity index (χ0n) is 23.9. The molecule has 6 rings (SSSR count). The summed E-state index contributed by atoms with van der Waals surface area (Å²) < 4.78 is 6.18. The zero-order chi connectivity index (χ0) is 29.2. The van der Waals surface area contributed by atoms with Gasteiger partial charge < -0.3 is 24.3 Å². The summed E-state index contributed by atoms with van der Waals surface area (Å²) in [6.07, 6.45) is 3.70. The van der Waals surface area contributed by atoms with Crippen LogP contribution < -0.4 is 9.64 Å². The third-order valence-electron chi connectivity index (χ3n) is 8.69. The zero-order valence-corrected chi connectivity index (χ0v) is 23.9. The van der Waals surface area contributed by atoms with E-state index >= 15 is 0 Å². The van der Waals surface area contributed by atoms with Crippen molar-refractivity contribution < 1.29 is 14.3 Å². The summed E-state index contributed by atoms with van der Waals surface area (Å²) in [5.74, 6) is 0.463. The normalized spacial score (nSPS) is 20.4. The molecule has 3 aliphatic heterocycles. The number of hydrogen-bond donors (Lipinski definition) is 0. The molecule has 0 unspecified atom stereocenters. The van der Waals surface area contributed by atoms with Gasteiger partial charge in [-0.15, -0.1) is 0 Å². The van der Waals surface area contributed by atoms with Gasteiger partial charge in [0, 0.05) is 36.8 Å². The Morgan fingerprint density at radius 1 is 1.10 bits per heavy atom. The molecular weight excluding hydrogens is 530 g/mol. The number of nitrogens with zero attached hydrogens (tertiary/aromatic N) is 7. The van der Waals surface area contributed by atoms with Crippen LogP contribution in [0.4, 0.5) is 5.82 Å². The summed E-state index contributed by atoms with van der Waals surface area (Å²) in [4.78, 5) is 44.0. The van der Waals surface area contributed by atoms with Gasteiger partial charge in [0.2, 0.25) is 5.91 Å². The lowest BCUT2D eigenvalue weighted by molar-refractivity contribution is -0.128. The molecule has 2 amide bonds. The second-order valence-corrected chi connectivity index (χ2v) is 11.2. The fourth-order valence-corrected chi connectivity index (χ4v) is 6.36. The van der Waals surface area contributed by atoms with E-state index in [4.69, 9.17) is 14.7 Å². The van der Waals surface area contributed by atoms with Crippen LogP contribution in [-0.4, -0.2) is 88.4 Å². The van der Waals surface area contributed by atoms with Crippen molar-refractivity contribution in [2.75, 3.05) is 44.7 Å². The summed E-state index contributed by atoms with van der Waals surface area (Å²) >= 11 is 0. The van der Waals surface area contributed by atoms with Crippen LogP contribution in [0, 0.1) is 11.3 Å².